The minimum atomic E-state index is -5.08. The summed E-state index contributed by atoms with van der Waals surface area (Å²) < 4.78 is 33.6. The van der Waals surface area contributed by atoms with Crippen LogP contribution < -0.4 is 0 Å². The summed E-state index contributed by atoms with van der Waals surface area (Å²) in [5.41, 5.74) is 2.16. The Hall–Kier alpha value is -2.88. The SMILES string of the molecule is CN(Cc1ccc(-n2cccn2)cc1)C(=O)[C@@H]1CCCN1C.O=C(O)C(F)(F)F. The Morgan fingerprint density at radius 3 is 2.34 bits per heavy atom. The number of amides is 1. The molecule has 7 nitrogen and oxygen atoms in total. The molecule has 0 unspecified atom stereocenters. The Labute approximate surface area is 166 Å². The molecule has 2 aromatic rings. The van der Waals surface area contributed by atoms with Crippen LogP contribution in [0, 0.1) is 0 Å². The van der Waals surface area contributed by atoms with E-state index in [9.17, 15) is 18.0 Å². The number of carboxylic acids is 1. The van der Waals surface area contributed by atoms with Crippen molar-refractivity contribution < 1.29 is 27.9 Å². The Balaban J connectivity index is 0.000000370. The van der Waals surface area contributed by atoms with E-state index in [1.54, 1.807) is 6.20 Å². The van der Waals surface area contributed by atoms with Gasteiger partial charge in [-0.2, -0.15) is 18.3 Å². The molecule has 1 amide bonds. The minimum Gasteiger partial charge on any atom is -0.475 e. The van der Waals surface area contributed by atoms with E-state index in [4.69, 9.17) is 9.90 Å². The average Bonchev–Trinajstić information content (AvgIpc) is 3.33. The van der Waals surface area contributed by atoms with Crippen LogP contribution >= 0.6 is 0 Å². The van der Waals surface area contributed by atoms with Crippen molar-refractivity contribution in [1.82, 2.24) is 19.6 Å². The number of aromatic nitrogens is 2. The molecule has 0 radical (unpaired) electrons. The first-order valence-corrected chi connectivity index (χ1v) is 8.94. The molecule has 2 heterocycles. The molecule has 0 spiro atoms. The highest BCUT2D eigenvalue weighted by Crippen LogP contribution is 2.18. The van der Waals surface area contributed by atoms with Crippen LogP contribution in [-0.4, -0.2) is 69.4 Å². The third-order valence-electron chi connectivity index (χ3n) is 4.55. The second-order valence-corrected chi connectivity index (χ2v) is 6.75. The van der Waals surface area contributed by atoms with Gasteiger partial charge in [0.05, 0.1) is 11.7 Å². The van der Waals surface area contributed by atoms with Crippen molar-refractivity contribution in [2.45, 2.75) is 31.6 Å². The molecule has 3 rings (SSSR count). The number of carboxylic acid groups (broad SMARTS) is 1. The number of halogens is 3. The van der Waals surface area contributed by atoms with E-state index < -0.39 is 12.1 Å². The molecule has 1 aromatic heterocycles. The maximum atomic E-state index is 12.5. The summed E-state index contributed by atoms with van der Waals surface area (Å²) in [5, 5.41) is 11.3. The largest absolute Gasteiger partial charge is 0.490 e. The summed E-state index contributed by atoms with van der Waals surface area (Å²) in [6.45, 7) is 1.66. The molecular weight excluding hydrogens is 389 g/mol. The first-order valence-electron chi connectivity index (χ1n) is 8.94. The lowest BCUT2D eigenvalue weighted by Gasteiger charge is -2.25. The number of benzene rings is 1. The number of rotatable bonds is 4. The number of likely N-dealkylation sites (N-methyl/N-ethyl adjacent to an activating group) is 2. The number of alkyl halides is 3. The highest BCUT2D eigenvalue weighted by Gasteiger charge is 2.38. The monoisotopic (exact) mass is 412 g/mol. The van der Waals surface area contributed by atoms with Gasteiger partial charge >= 0.3 is 12.1 Å². The summed E-state index contributed by atoms with van der Waals surface area (Å²) in [4.78, 5) is 25.4. The number of nitrogens with zero attached hydrogens (tertiary/aromatic N) is 4. The van der Waals surface area contributed by atoms with Crippen LogP contribution in [0.3, 0.4) is 0 Å². The van der Waals surface area contributed by atoms with E-state index in [0.717, 1.165) is 30.6 Å². The molecule has 1 fully saturated rings. The second-order valence-electron chi connectivity index (χ2n) is 6.75. The number of likely N-dealkylation sites (tertiary alicyclic amines) is 1. The van der Waals surface area contributed by atoms with Crippen molar-refractivity contribution in [1.29, 1.82) is 0 Å². The van der Waals surface area contributed by atoms with E-state index in [2.05, 4.69) is 22.1 Å². The fourth-order valence-electron chi connectivity index (χ4n) is 3.00. The molecule has 10 heteroatoms. The summed E-state index contributed by atoms with van der Waals surface area (Å²) in [5.74, 6) is -2.54. The topological polar surface area (TPSA) is 78.7 Å². The lowest BCUT2D eigenvalue weighted by Crippen LogP contribution is -2.42. The van der Waals surface area contributed by atoms with Crippen LogP contribution in [0.5, 0.6) is 0 Å². The number of hydrogen-bond acceptors (Lipinski definition) is 4. The van der Waals surface area contributed by atoms with Gasteiger partial charge in [-0.05, 0) is 50.2 Å². The van der Waals surface area contributed by atoms with Gasteiger partial charge in [0.2, 0.25) is 5.91 Å². The number of hydrogen-bond donors (Lipinski definition) is 1. The maximum absolute atomic E-state index is 12.5. The van der Waals surface area contributed by atoms with Gasteiger partial charge in [0.1, 0.15) is 0 Å². The Bertz CT molecular complexity index is 807. The molecule has 29 heavy (non-hydrogen) atoms. The van der Waals surface area contributed by atoms with Crippen LogP contribution in [0.25, 0.3) is 5.69 Å². The highest BCUT2D eigenvalue weighted by molar-refractivity contribution is 5.81. The van der Waals surface area contributed by atoms with Gasteiger partial charge in [0.15, 0.2) is 0 Å². The molecule has 0 saturated carbocycles. The predicted octanol–water partition coefficient (Wildman–Crippen LogP) is 2.56. The Morgan fingerprint density at radius 1 is 1.28 bits per heavy atom. The van der Waals surface area contributed by atoms with Crippen molar-refractivity contribution in [2.24, 2.45) is 0 Å². The summed E-state index contributed by atoms with van der Waals surface area (Å²) in [6, 6.07) is 10.1. The highest BCUT2D eigenvalue weighted by atomic mass is 19.4. The molecular formula is C19H23F3N4O3. The van der Waals surface area contributed by atoms with Crippen molar-refractivity contribution in [3.05, 3.63) is 48.3 Å². The molecule has 0 bridgehead atoms. The molecule has 1 saturated heterocycles. The van der Waals surface area contributed by atoms with E-state index in [1.807, 2.05) is 48.1 Å². The zero-order valence-electron chi connectivity index (χ0n) is 16.1. The van der Waals surface area contributed by atoms with Crippen LogP contribution in [0.15, 0.2) is 42.7 Å². The van der Waals surface area contributed by atoms with Crippen molar-refractivity contribution in [2.75, 3.05) is 20.6 Å². The minimum absolute atomic E-state index is 0.0494. The Kier molecular flexibility index (Phi) is 7.38. The predicted molar refractivity (Wildman–Crippen MR) is 99.4 cm³/mol. The molecule has 1 aromatic carbocycles. The van der Waals surface area contributed by atoms with E-state index in [-0.39, 0.29) is 11.9 Å². The van der Waals surface area contributed by atoms with Gasteiger partial charge in [-0.25, -0.2) is 9.48 Å². The zero-order valence-corrected chi connectivity index (χ0v) is 16.1. The number of carbonyl (C=O) groups is 2. The van der Waals surface area contributed by atoms with Crippen LogP contribution in [0.2, 0.25) is 0 Å². The van der Waals surface area contributed by atoms with Gasteiger partial charge in [-0.15, -0.1) is 0 Å². The van der Waals surface area contributed by atoms with Gasteiger partial charge in [-0.1, -0.05) is 12.1 Å². The van der Waals surface area contributed by atoms with E-state index >= 15 is 0 Å². The zero-order chi connectivity index (χ0) is 21.6. The van der Waals surface area contributed by atoms with E-state index in [1.165, 1.54) is 0 Å². The van der Waals surface area contributed by atoms with Gasteiger partial charge in [0.25, 0.3) is 0 Å². The summed E-state index contributed by atoms with van der Waals surface area (Å²) in [6.07, 6.45) is 0.677. The maximum Gasteiger partial charge on any atom is 0.490 e. The van der Waals surface area contributed by atoms with Crippen molar-refractivity contribution >= 4 is 11.9 Å². The fourth-order valence-corrected chi connectivity index (χ4v) is 3.00. The number of aliphatic carboxylic acids is 1. The van der Waals surface area contributed by atoms with Crippen molar-refractivity contribution in [3.63, 3.8) is 0 Å². The third kappa shape index (κ3) is 6.31. The quantitative estimate of drug-likeness (QED) is 0.835. The van der Waals surface area contributed by atoms with Gasteiger partial charge < -0.3 is 10.0 Å². The van der Waals surface area contributed by atoms with Crippen molar-refractivity contribution in [3.8, 4) is 5.69 Å². The summed E-state index contributed by atoms with van der Waals surface area (Å²) in [7, 11) is 3.91. The third-order valence-corrected chi connectivity index (χ3v) is 4.55. The van der Waals surface area contributed by atoms with Crippen LogP contribution in [0.1, 0.15) is 18.4 Å². The van der Waals surface area contributed by atoms with Gasteiger partial charge in [-0.3, -0.25) is 9.69 Å². The molecule has 158 valence electrons. The Morgan fingerprint density at radius 2 is 1.90 bits per heavy atom. The first kappa shape index (κ1) is 22.4. The normalized spacial score (nSPS) is 16.8. The average molecular weight is 412 g/mol. The fraction of sp³-hybridized carbons (Fsp3) is 0.421. The first-order chi connectivity index (χ1) is 13.6. The van der Waals surface area contributed by atoms with E-state index in [0.29, 0.717) is 6.54 Å². The molecule has 1 aliphatic heterocycles. The van der Waals surface area contributed by atoms with Crippen LogP contribution in [0.4, 0.5) is 13.2 Å². The lowest BCUT2D eigenvalue weighted by molar-refractivity contribution is -0.192. The summed E-state index contributed by atoms with van der Waals surface area (Å²) >= 11 is 0. The number of carbonyl (C=O) groups excluding carboxylic acids is 1. The van der Waals surface area contributed by atoms with Crippen LogP contribution in [-0.2, 0) is 16.1 Å². The molecule has 1 atom stereocenters. The smallest absolute Gasteiger partial charge is 0.475 e. The standard InChI is InChI=1S/C17H22N4O.C2HF3O2/c1-19-11-3-5-16(19)17(22)20(2)13-14-6-8-15(9-7-14)21-12-4-10-18-21;3-2(4,5)1(6)7/h4,6-10,12,16H,3,5,11,13H2,1-2H3;(H,6,7)/t16-;/m0./s1. The second kappa shape index (κ2) is 9.55. The molecule has 0 aliphatic carbocycles. The van der Waals surface area contributed by atoms with Gasteiger partial charge in [0, 0.05) is 26.0 Å². The lowest BCUT2D eigenvalue weighted by atomic mass is 10.1. The molecule has 1 aliphatic rings. The molecule has 1 N–H and O–H groups in total.